The molecule has 0 radical (unpaired) electrons. The van der Waals surface area contributed by atoms with E-state index in [1.54, 1.807) is 6.20 Å². The third-order valence-corrected chi connectivity index (χ3v) is 5.12. The van der Waals surface area contributed by atoms with E-state index in [1.807, 2.05) is 29.6 Å². The molecule has 0 atom stereocenters. The monoisotopic (exact) mass is 347 g/mol. The summed E-state index contributed by atoms with van der Waals surface area (Å²) in [5.74, 6) is -0.154. The molecule has 0 spiro atoms. The second kappa shape index (κ2) is 6.18. The zero-order chi connectivity index (χ0) is 17.4. The first-order chi connectivity index (χ1) is 12.1. The van der Waals surface area contributed by atoms with Crippen LogP contribution in [-0.2, 0) is 0 Å². The molecule has 0 unspecified atom stereocenters. The van der Waals surface area contributed by atoms with Gasteiger partial charge < -0.3 is 4.98 Å². The SMILES string of the molecule is Cc1ccc(-c2csc(NC(=O)c3c[nH]c4ccccc34)n2)cc1C. The molecule has 2 aromatic carbocycles. The molecule has 0 aliphatic rings. The number of hydrogen-bond donors (Lipinski definition) is 2. The van der Waals surface area contributed by atoms with E-state index in [0.29, 0.717) is 10.7 Å². The molecule has 0 aliphatic heterocycles. The molecule has 25 heavy (non-hydrogen) atoms. The van der Waals surface area contributed by atoms with E-state index >= 15 is 0 Å². The number of para-hydroxylation sites is 1. The molecule has 2 heterocycles. The van der Waals surface area contributed by atoms with Crippen molar-refractivity contribution in [2.75, 3.05) is 5.32 Å². The number of carbonyl (C=O) groups excluding carboxylic acids is 1. The Kier molecular flexibility index (Phi) is 3.86. The van der Waals surface area contributed by atoms with Crippen molar-refractivity contribution in [3.8, 4) is 11.3 Å². The van der Waals surface area contributed by atoms with Gasteiger partial charge in [0.05, 0.1) is 11.3 Å². The summed E-state index contributed by atoms with van der Waals surface area (Å²) in [4.78, 5) is 20.2. The number of fused-ring (bicyclic) bond motifs is 1. The fraction of sp³-hybridized carbons (Fsp3) is 0.100. The van der Waals surface area contributed by atoms with Gasteiger partial charge in [0, 0.05) is 28.0 Å². The number of aromatic nitrogens is 2. The van der Waals surface area contributed by atoms with Crippen molar-refractivity contribution >= 4 is 33.3 Å². The molecule has 0 bridgehead atoms. The number of thiazole rings is 1. The predicted molar refractivity (Wildman–Crippen MR) is 103 cm³/mol. The van der Waals surface area contributed by atoms with Crippen molar-refractivity contribution < 1.29 is 4.79 Å². The molecular formula is C20H17N3OS. The lowest BCUT2D eigenvalue weighted by molar-refractivity contribution is 0.102. The van der Waals surface area contributed by atoms with Gasteiger partial charge in [-0.2, -0.15) is 0 Å². The van der Waals surface area contributed by atoms with Crippen LogP contribution in [0.4, 0.5) is 5.13 Å². The van der Waals surface area contributed by atoms with Crippen LogP contribution in [0.2, 0.25) is 0 Å². The minimum Gasteiger partial charge on any atom is -0.360 e. The molecule has 4 aromatic rings. The number of nitrogens with zero attached hydrogens (tertiary/aromatic N) is 1. The van der Waals surface area contributed by atoms with Crippen molar-refractivity contribution in [2.24, 2.45) is 0 Å². The maximum Gasteiger partial charge on any atom is 0.259 e. The molecule has 2 N–H and O–H groups in total. The number of aryl methyl sites for hydroxylation is 2. The maximum atomic E-state index is 12.6. The summed E-state index contributed by atoms with van der Waals surface area (Å²) in [7, 11) is 0. The van der Waals surface area contributed by atoms with E-state index in [4.69, 9.17) is 0 Å². The number of hydrogen-bond acceptors (Lipinski definition) is 3. The summed E-state index contributed by atoms with van der Waals surface area (Å²) < 4.78 is 0. The number of nitrogens with one attached hydrogen (secondary N) is 2. The highest BCUT2D eigenvalue weighted by Crippen LogP contribution is 2.27. The maximum absolute atomic E-state index is 12.6. The second-order valence-electron chi connectivity index (χ2n) is 6.04. The summed E-state index contributed by atoms with van der Waals surface area (Å²) >= 11 is 1.43. The minimum atomic E-state index is -0.154. The summed E-state index contributed by atoms with van der Waals surface area (Å²) in [5, 5.41) is 6.38. The summed E-state index contributed by atoms with van der Waals surface area (Å²) in [5.41, 5.74) is 6.00. The molecule has 4 rings (SSSR count). The third kappa shape index (κ3) is 2.94. The van der Waals surface area contributed by atoms with E-state index in [2.05, 4.69) is 47.3 Å². The normalized spacial score (nSPS) is 11.0. The van der Waals surface area contributed by atoms with E-state index in [0.717, 1.165) is 22.2 Å². The third-order valence-electron chi connectivity index (χ3n) is 4.36. The van der Waals surface area contributed by atoms with E-state index in [-0.39, 0.29) is 5.91 Å². The number of rotatable bonds is 3. The highest BCUT2D eigenvalue weighted by Gasteiger charge is 2.14. The van der Waals surface area contributed by atoms with Crippen molar-refractivity contribution in [1.29, 1.82) is 0 Å². The fourth-order valence-corrected chi connectivity index (χ4v) is 3.50. The number of carbonyl (C=O) groups is 1. The minimum absolute atomic E-state index is 0.154. The van der Waals surface area contributed by atoms with Gasteiger partial charge >= 0.3 is 0 Å². The van der Waals surface area contributed by atoms with Crippen molar-refractivity contribution in [3.05, 3.63) is 70.7 Å². The van der Waals surface area contributed by atoms with Crippen LogP contribution < -0.4 is 5.32 Å². The lowest BCUT2D eigenvalue weighted by Crippen LogP contribution is -2.11. The van der Waals surface area contributed by atoms with Crippen LogP contribution in [-0.4, -0.2) is 15.9 Å². The Labute approximate surface area is 149 Å². The number of aromatic amines is 1. The Morgan fingerprint density at radius 3 is 2.80 bits per heavy atom. The molecule has 0 saturated heterocycles. The Hall–Kier alpha value is -2.92. The zero-order valence-corrected chi connectivity index (χ0v) is 14.8. The van der Waals surface area contributed by atoms with Gasteiger partial charge in [0.2, 0.25) is 0 Å². The van der Waals surface area contributed by atoms with Crippen LogP contribution in [0.3, 0.4) is 0 Å². The summed E-state index contributed by atoms with van der Waals surface area (Å²) in [6.07, 6.45) is 1.73. The molecule has 1 amide bonds. The van der Waals surface area contributed by atoms with Gasteiger partial charge in [-0.3, -0.25) is 10.1 Å². The Balaban J connectivity index is 1.58. The highest BCUT2D eigenvalue weighted by atomic mass is 32.1. The quantitative estimate of drug-likeness (QED) is 0.538. The van der Waals surface area contributed by atoms with Crippen LogP contribution in [0.5, 0.6) is 0 Å². The smallest absolute Gasteiger partial charge is 0.259 e. The number of amides is 1. The van der Waals surface area contributed by atoms with Gasteiger partial charge in [-0.25, -0.2) is 4.98 Å². The van der Waals surface area contributed by atoms with Gasteiger partial charge in [0.1, 0.15) is 0 Å². The molecule has 5 heteroatoms. The first-order valence-corrected chi connectivity index (χ1v) is 8.90. The van der Waals surface area contributed by atoms with Gasteiger partial charge in [-0.1, -0.05) is 30.3 Å². The lowest BCUT2D eigenvalue weighted by atomic mass is 10.1. The number of H-pyrrole nitrogens is 1. The van der Waals surface area contributed by atoms with Crippen molar-refractivity contribution in [1.82, 2.24) is 9.97 Å². The van der Waals surface area contributed by atoms with Gasteiger partial charge in [0.25, 0.3) is 5.91 Å². The summed E-state index contributed by atoms with van der Waals surface area (Å²) in [6.45, 7) is 4.18. The first kappa shape index (κ1) is 15.6. The van der Waals surface area contributed by atoms with Gasteiger partial charge in [0.15, 0.2) is 5.13 Å². The molecule has 0 fully saturated rings. The number of anilines is 1. The van der Waals surface area contributed by atoms with Crippen LogP contribution >= 0.6 is 11.3 Å². The predicted octanol–water partition coefficient (Wildman–Crippen LogP) is 5.16. The average Bonchev–Trinajstić information content (AvgIpc) is 3.24. The molecule has 2 aromatic heterocycles. The second-order valence-corrected chi connectivity index (χ2v) is 6.90. The van der Waals surface area contributed by atoms with Crippen LogP contribution in [0.1, 0.15) is 21.5 Å². The van der Waals surface area contributed by atoms with Crippen molar-refractivity contribution in [3.63, 3.8) is 0 Å². The Bertz CT molecular complexity index is 1080. The fourth-order valence-electron chi connectivity index (χ4n) is 2.79. The molecule has 0 aliphatic carbocycles. The van der Waals surface area contributed by atoms with Crippen molar-refractivity contribution in [2.45, 2.75) is 13.8 Å². The topological polar surface area (TPSA) is 57.8 Å². The lowest BCUT2D eigenvalue weighted by Gasteiger charge is -2.03. The van der Waals surface area contributed by atoms with Gasteiger partial charge in [-0.15, -0.1) is 11.3 Å². The van der Waals surface area contributed by atoms with Crippen LogP contribution in [0.25, 0.3) is 22.2 Å². The molecule has 4 nitrogen and oxygen atoms in total. The molecular weight excluding hydrogens is 330 g/mol. The van der Waals surface area contributed by atoms with Crippen LogP contribution in [0.15, 0.2) is 54.0 Å². The van der Waals surface area contributed by atoms with E-state index in [1.165, 1.54) is 22.5 Å². The molecule has 124 valence electrons. The van der Waals surface area contributed by atoms with Gasteiger partial charge in [-0.05, 0) is 37.1 Å². The molecule has 0 saturated carbocycles. The standard InChI is InChI=1S/C20H17N3OS/c1-12-7-8-14(9-13(12)2)18-11-25-20(22-18)23-19(24)16-10-21-17-6-4-3-5-15(16)17/h3-11,21H,1-2H3,(H,22,23,24). The van der Waals surface area contributed by atoms with Crippen LogP contribution in [0, 0.1) is 13.8 Å². The summed E-state index contributed by atoms with van der Waals surface area (Å²) in [6, 6.07) is 14.0. The largest absolute Gasteiger partial charge is 0.360 e. The first-order valence-electron chi connectivity index (χ1n) is 8.02. The average molecular weight is 347 g/mol. The number of benzene rings is 2. The zero-order valence-electron chi connectivity index (χ0n) is 14.0. The van der Waals surface area contributed by atoms with E-state index < -0.39 is 0 Å². The Morgan fingerprint density at radius 2 is 1.96 bits per heavy atom. The highest BCUT2D eigenvalue weighted by molar-refractivity contribution is 7.14. The Morgan fingerprint density at radius 1 is 1.12 bits per heavy atom. The van der Waals surface area contributed by atoms with E-state index in [9.17, 15) is 4.79 Å².